The second kappa shape index (κ2) is 2.56. The normalized spacial score (nSPS) is 32.7. The van der Waals surface area contributed by atoms with E-state index >= 15 is 0 Å². The molecule has 1 fully saturated rings. The fourth-order valence-corrected chi connectivity index (χ4v) is 1.99. The highest BCUT2D eigenvalue weighted by Crippen LogP contribution is 2.37. The van der Waals surface area contributed by atoms with E-state index in [1.54, 1.807) is 0 Å². The first kappa shape index (κ1) is 8.40. The summed E-state index contributed by atoms with van der Waals surface area (Å²) in [5, 5.41) is 0. The Labute approximate surface area is 84.3 Å². The number of fused-ring (bicyclic) bond motifs is 2. The zero-order valence-corrected chi connectivity index (χ0v) is 7.56. The third-order valence-electron chi connectivity index (χ3n) is 2.64. The highest BCUT2D eigenvalue weighted by molar-refractivity contribution is 6.20. The number of hydrogen-bond donors (Lipinski definition) is 0. The molecule has 0 N–H and O–H groups in total. The van der Waals surface area contributed by atoms with Crippen LogP contribution in [0.5, 0.6) is 0 Å². The average Bonchev–Trinajstić information content (AvgIpc) is 2.67. The van der Waals surface area contributed by atoms with Crippen molar-refractivity contribution in [2.45, 2.75) is 18.6 Å². The van der Waals surface area contributed by atoms with Crippen LogP contribution < -0.4 is 0 Å². The van der Waals surface area contributed by atoms with E-state index in [9.17, 15) is 14.4 Å². The van der Waals surface area contributed by atoms with Crippen LogP contribution in [0.3, 0.4) is 0 Å². The molecule has 15 heavy (non-hydrogen) atoms. The molecule has 3 rings (SSSR count). The van der Waals surface area contributed by atoms with Gasteiger partial charge in [-0.2, -0.15) is 0 Å². The smallest absolute Gasteiger partial charge is 0.310 e. The van der Waals surface area contributed by atoms with Crippen LogP contribution in [-0.4, -0.2) is 29.7 Å². The third kappa shape index (κ3) is 1.000. The Kier molecular flexibility index (Phi) is 1.44. The Bertz CT molecular complexity index is 456. The van der Waals surface area contributed by atoms with Gasteiger partial charge < -0.3 is 9.47 Å². The van der Waals surface area contributed by atoms with E-state index in [1.165, 1.54) is 12.2 Å². The second-order valence-corrected chi connectivity index (χ2v) is 3.58. The van der Waals surface area contributed by atoms with Gasteiger partial charge in [0.1, 0.15) is 0 Å². The first-order chi connectivity index (χ1) is 7.16. The van der Waals surface area contributed by atoms with Crippen LogP contribution in [0.1, 0.15) is 6.42 Å². The standard InChI is InChI=1S/C10H6O5/c11-4-1-2-5(12)9-8(4)10-6(14-9)3-7(13)15-10/h1-2,6,10H,3H2/t6-,10+/m1/s1. The highest BCUT2D eigenvalue weighted by atomic mass is 16.6. The minimum atomic E-state index is -0.686. The van der Waals surface area contributed by atoms with E-state index in [0.717, 1.165) is 0 Å². The van der Waals surface area contributed by atoms with Crippen LogP contribution in [0.2, 0.25) is 0 Å². The topological polar surface area (TPSA) is 69.7 Å². The van der Waals surface area contributed by atoms with Crippen molar-refractivity contribution in [3.63, 3.8) is 0 Å². The summed E-state index contributed by atoms with van der Waals surface area (Å²) < 4.78 is 10.2. The van der Waals surface area contributed by atoms with Crippen LogP contribution in [-0.2, 0) is 23.9 Å². The molecular weight excluding hydrogens is 200 g/mol. The molecule has 0 amide bonds. The molecule has 5 heteroatoms. The Hall–Kier alpha value is -1.91. The molecular formula is C10H6O5. The molecule has 2 atom stereocenters. The van der Waals surface area contributed by atoms with Crippen molar-refractivity contribution in [3.8, 4) is 0 Å². The van der Waals surface area contributed by atoms with Crippen LogP contribution in [0.25, 0.3) is 0 Å². The number of hydrogen-bond acceptors (Lipinski definition) is 5. The van der Waals surface area contributed by atoms with E-state index in [0.29, 0.717) is 0 Å². The third-order valence-corrected chi connectivity index (χ3v) is 2.64. The lowest BCUT2D eigenvalue weighted by Gasteiger charge is -2.08. The SMILES string of the molecule is O=C1C[C@H]2OC3=C(C(=O)C=CC3=O)[C@H]2O1. The molecule has 5 nitrogen and oxygen atoms in total. The van der Waals surface area contributed by atoms with Crippen LogP contribution in [0.4, 0.5) is 0 Å². The maximum atomic E-state index is 11.5. The summed E-state index contributed by atoms with van der Waals surface area (Å²) in [5.41, 5.74) is 0.193. The molecule has 0 saturated carbocycles. The Morgan fingerprint density at radius 3 is 2.60 bits per heavy atom. The first-order valence-corrected chi connectivity index (χ1v) is 4.54. The molecule has 0 spiro atoms. The summed E-state index contributed by atoms with van der Waals surface area (Å²) in [6.45, 7) is 0. The van der Waals surface area contributed by atoms with Gasteiger partial charge in [-0.25, -0.2) is 0 Å². The maximum Gasteiger partial charge on any atom is 0.310 e. The van der Waals surface area contributed by atoms with E-state index in [1.807, 2.05) is 0 Å². The molecule has 2 aliphatic heterocycles. The van der Waals surface area contributed by atoms with Crippen LogP contribution in [0, 0.1) is 0 Å². The van der Waals surface area contributed by atoms with Crippen molar-refractivity contribution in [1.29, 1.82) is 0 Å². The number of ketones is 2. The van der Waals surface area contributed by atoms with Crippen molar-refractivity contribution in [3.05, 3.63) is 23.5 Å². The average molecular weight is 206 g/mol. The van der Waals surface area contributed by atoms with Crippen molar-refractivity contribution in [2.75, 3.05) is 0 Å². The fourth-order valence-electron chi connectivity index (χ4n) is 1.99. The van der Waals surface area contributed by atoms with Gasteiger partial charge in [0.05, 0.1) is 12.0 Å². The van der Waals surface area contributed by atoms with Gasteiger partial charge in [-0.3, -0.25) is 14.4 Å². The number of carbonyl (C=O) groups excluding carboxylic acids is 3. The fraction of sp³-hybridized carbons (Fsp3) is 0.300. The van der Waals surface area contributed by atoms with Crippen molar-refractivity contribution >= 4 is 17.5 Å². The van der Waals surface area contributed by atoms with Crippen molar-refractivity contribution < 1.29 is 23.9 Å². The van der Waals surface area contributed by atoms with Gasteiger partial charge in [0, 0.05) is 0 Å². The zero-order valence-electron chi connectivity index (χ0n) is 7.56. The first-order valence-electron chi connectivity index (χ1n) is 4.54. The number of ether oxygens (including phenoxy) is 2. The van der Waals surface area contributed by atoms with Gasteiger partial charge >= 0.3 is 5.97 Å². The molecule has 0 aromatic heterocycles. The van der Waals surface area contributed by atoms with Gasteiger partial charge in [0.25, 0.3) is 0 Å². The lowest BCUT2D eigenvalue weighted by atomic mass is 9.97. The second-order valence-electron chi connectivity index (χ2n) is 3.58. The summed E-state index contributed by atoms with van der Waals surface area (Å²) in [4.78, 5) is 33.9. The molecule has 0 bridgehead atoms. The van der Waals surface area contributed by atoms with Crippen molar-refractivity contribution in [2.24, 2.45) is 0 Å². The molecule has 1 aliphatic carbocycles. The van der Waals surface area contributed by atoms with Crippen LogP contribution >= 0.6 is 0 Å². The number of esters is 1. The molecule has 76 valence electrons. The predicted molar refractivity (Wildman–Crippen MR) is 45.6 cm³/mol. The summed E-state index contributed by atoms with van der Waals surface area (Å²) in [6, 6.07) is 0. The van der Waals surface area contributed by atoms with Crippen molar-refractivity contribution in [1.82, 2.24) is 0 Å². The van der Waals surface area contributed by atoms with E-state index < -0.39 is 18.2 Å². The van der Waals surface area contributed by atoms with Crippen LogP contribution in [0.15, 0.2) is 23.5 Å². The minimum Gasteiger partial charge on any atom is -0.481 e. The van der Waals surface area contributed by atoms with E-state index in [2.05, 4.69) is 0 Å². The maximum absolute atomic E-state index is 11.5. The number of rotatable bonds is 0. The van der Waals surface area contributed by atoms with Gasteiger partial charge in [0.2, 0.25) is 5.78 Å². The van der Waals surface area contributed by atoms with Gasteiger partial charge in [-0.05, 0) is 12.2 Å². The molecule has 1 saturated heterocycles. The highest BCUT2D eigenvalue weighted by Gasteiger charge is 2.50. The lowest BCUT2D eigenvalue weighted by Crippen LogP contribution is -2.23. The summed E-state index contributed by atoms with van der Waals surface area (Å²) in [7, 11) is 0. The minimum absolute atomic E-state index is 0.0463. The van der Waals surface area contributed by atoms with Gasteiger partial charge in [0.15, 0.2) is 23.8 Å². The van der Waals surface area contributed by atoms with Gasteiger partial charge in [-0.15, -0.1) is 0 Å². The summed E-state index contributed by atoms with van der Waals surface area (Å²) in [5.74, 6) is -1.00. The Balaban J connectivity index is 2.05. The largest absolute Gasteiger partial charge is 0.481 e. The lowest BCUT2D eigenvalue weighted by molar-refractivity contribution is -0.140. The number of allylic oxidation sites excluding steroid dienone is 2. The monoisotopic (exact) mass is 206 g/mol. The van der Waals surface area contributed by atoms with E-state index in [-0.39, 0.29) is 29.3 Å². The zero-order chi connectivity index (χ0) is 10.6. The van der Waals surface area contributed by atoms with E-state index in [4.69, 9.17) is 9.47 Å². The Morgan fingerprint density at radius 2 is 1.80 bits per heavy atom. The predicted octanol–water partition coefficient (Wildman–Crippen LogP) is -0.337. The molecule has 3 aliphatic rings. The summed E-state index contributed by atoms with van der Waals surface area (Å²) in [6.07, 6.45) is 1.26. The molecule has 0 aromatic rings. The Morgan fingerprint density at radius 1 is 1.07 bits per heavy atom. The summed E-state index contributed by atoms with van der Waals surface area (Å²) >= 11 is 0. The quantitative estimate of drug-likeness (QED) is 0.400. The van der Waals surface area contributed by atoms with Gasteiger partial charge in [-0.1, -0.05) is 0 Å². The molecule has 0 aromatic carbocycles. The molecule has 2 heterocycles. The molecule has 0 radical (unpaired) electrons. The number of carbonyl (C=O) groups is 3. The molecule has 0 unspecified atom stereocenters.